The van der Waals surface area contributed by atoms with Gasteiger partial charge >= 0.3 is 0 Å². The zero-order valence-electron chi connectivity index (χ0n) is 34.0. The number of aromatic nitrogens is 2. The van der Waals surface area contributed by atoms with Crippen molar-refractivity contribution >= 4 is 80.3 Å². The summed E-state index contributed by atoms with van der Waals surface area (Å²) in [5.74, 6) is 0.597. The van der Waals surface area contributed by atoms with Gasteiger partial charge < -0.3 is 4.42 Å². The van der Waals surface area contributed by atoms with E-state index in [-0.39, 0.29) is 0 Å². The topological polar surface area (TPSA) is 38.9 Å². The third-order valence-corrected chi connectivity index (χ3v) is 22.2. The molecule has 0 N–H and O–H groups in total. The summed E-state index contributed by atoms with van der Waals surface area (Å²) in [5.41, 5.74) is 5.18. The van der Waals surface area contributed by atoms with Gasteiger partial charge in [-0.1, -0.05) is 157 Å². The molecule has 10 aromatic rings. The minimum atomic E-state index is -2.70. The molecule has 0 amide bonds. The van der Waals surface area contributed by atoms with Crippen LogP contribution in [0.5, 0.6) is 0 Å². The summed E-state index contributed by atoms with van der Waals surface area (Å²) in [7, 11) is -5.34. The number of hydrogen-bond donors (Lipinski definition) is 0. The quantitative estimate of drug-likeness (QED) is 0.115. The average molecular weight is 873 g/mol. The number of nitrogens with zero attached hydrogens (tertiary/aromatic N) is 2. The number of hydrogen-bond acceptors (Lipinski definition) is 5. The molecule has 2 heterocycles. The largest absolute Gasteiger partial charge is 0.425 e. The minimum absolute atomic E-state index is 0.597. The van der Waals surface area contributed by atoms with Gasteiger partial charge in [0, 0.05) is 11.1 Å². The summed E-state index contributed by atoms with van der Waals surface area (Å²) in [6.45, 7) is 2.11. The Bertz CT molecular complexity index is 2830. The molecule has 0 fully saturated rings. The fourth-order valence-electron chi connectivity index (χ4n) is 8.30. The third kappa shape index (κ3) is 7.26. The highest BCUT2D eigenvalue weighted by Gasteiger charge is 2.55. The highest BCUT2D eigenvalue weighted by molar-refractivity contribution is 8.07. The lowest BCUT2D eigenvalue weighted by Crippen LogP contribution is -2.40. The van der Waals surface area contributed by atoms with Crippen molar-refractivity contribution in [1.29, 1.82) is 0 Å². The molecule has 0 unspecified atom stereocenters. The van der Waals surface area contributed by atoms with E-state index in [0.29, 0.717) is 5.89 Å². The van der Waals surface area contributed by atoms with Crippen LogP contribution in [0, 0.1) is 6.92 Å². The van der Waals surface area contributed by atoms with Gasteiger partial charge in [0.1, 0.15) is 41.0 Å². The third-order valence-electron chi connectivity index (χ3n) is 11.2. The van der Waals surface area contributed by atoms with Crippen molar-refractivity contribution in [3.63, 3.8) is 0 Å². The van der Waals surface area contributed by atoms with E-state index >= 15 is 0 Å². The molecular formula is C55H42N2OP2S2+2. The number of oxazole rings is 1. The minimum Gasteiger partial charge on any atom is -0.425 e. The molecule has 0 saturated carbocycles. The highest BCUT2D eigenvalue weighted by atomic mass is 32.2. The maximum absolute atomic E-state index is 7.29. The Morgan fingerprint density at radius 2 is 0.742 bits per heavy atom. The van der Waals surface area contributed by atoms with Crippen LogP contribution in [0.3, 0.4) is 0 Å². The Kier molecular flexibility index (Phi) is 11.4. The zero-order valence-corrected chi connectivity index (χ0v) is 37.5. The Morgan fingerprint density at radius 1 is 0.387 bits per heavy atom. The van der Waals surface area contributed by atoms with Crippen LogP contribution < -0.4 is 42.7 Å². The molecule has 0 spiro atoms. The molecule has 7 heteroatoms. The van der Waals surface area contributed by atoms with Crippen molar-refractivity contribution in [2.75, 3.05) is 0 Å². The van der Waals surface area contributed by atoms with Crippen LogP contribution in [0.2, 0.25) is 0 Å². The van der Waals surface area contributed by atoms with Gasteiger partial charge in [0.25, 0.3) is 5.44 Å². The molecule has 2 aromatic heterocycles. The maximum Gasteiger partial charge on any atom is 0.251 e. The lowest BCUT2D eigenvalue weighted by molar-refractivity contribution is 0.487. The molecule has 10 rings (SSSR count). The van der Waals surface area contributed by atoms with Crippen molar-refractivity contribution < 1.29 is 4.42 Å². The first-order chi connectivity index (χ1) is 30.7. The predicted molar refractivity (Wildman–Crippen MR) is 268 cm³/mol. The number of benzene rings is 8. The van der Waals surface area contributed by atoms with Crippen LogP contribution >= 0.6 is 37.6 Å². The molecular weight excluding hydrogens is 831 g/mol. The van der Waals surface area contributed by atoms with Crippen molar-refractivity contribution in [2.24, 2.45) is 0 Å². The predicted octanol–water partition coefficient (Wildman–Crippen LogP) is 11.2. The monoisotopic (exact) mass is 872 g/mol. The molecule has 0 aliphatic rings. The second kappa shape index (κ2) is 17.7. The van der Waals surface area contributed by atoms with E-state index in [1.165, 1.54) is 37.4 Å². The average Bonchev–Trinajstić information content (AvgIpc) is 3.97. The number of rotatable bonds is 12. The summed E-state index contributed by atoms with van der Waals surface area (Å²) in [4.78, 5) is 11.5. The van der Waals surface area contributed by atoms with Crippen molar-refractivity contribution in [3.8, 4) is 22.0 Å². The van der Waals surface area contributed by atoms with Crippen molar-refractivity contribution in [3.05, 3.63) is 242 Å². The molecule has 3 nitrogen and oxygen atoms in total. The second-order valence-corrected chi connectivity index (χ2v) is 23.8. The van der Waals surface area contributed by atoms with Crippen LogP contribution in [-0.4, -0.2) is 9.97 Å². The summed E-state index contributed by atoms with van der Waals surface area (Å²) >= 11 is 3.42. The molecule has 0 saturated heterocycles. The van der Waals surface area contributed by atoms with Gasteiger partial charge in [0.05, 0.1) is 0 Å². The molecule has 8 aromatic carbocycles. The van der Waals surface area contributed by atoms with E-state index in [0.717, 1.165) is 36.3 Å². The van der Waals surface area contributed by atoms with Crippen LogP contribution in [0.25, 0.3) is 22.0 Å². The lowest BCUT2D eigenvalue weighted by Gasteiger charge is -2.27. The summed E-state index contributed by atoms with van der Waals surface area (Å²) < 4.78 is 8.36. The Labute approximate surface area is 372 Å². The summed E-state index contributed by atoms with van der Waals surface area (Å²) in [6.07, 6.45) is 0. The van der Waals surface area contributed by atoms with Gasteiger partial charge in [-0.3, -0.25) is 0 Å². The van der Waals surface area contributed by atoms with Crippen LogP contribution in [-0.2, 0) is 0 Å². The molecule has 62 heavy (non-hydrogen) atoms. The van der Waals surface area contributed by atoms with Crippen LogP contribution in [0.4, 0.5) is 0 Å². The Balaban J connectivity index is 1.31. The maximum atomic E-state index is 7.29. The van der Waals surface area contributed by atoms with Gasteiger partial charge in [0.15, 0.2) is 14.5 Å². The van der Waals surface area contributed by atoms with Gasteiger partial charge in [0.2, 0.25) is 16.4 Å². The Morgan fingerprint density at radius 3 is 1.13 bits per heavy atom. The van der Waals surface area contributed by atoms with Crippen molar-refractivity contribution in [2.45, 2.75) is 16.2 Å². The number of aryl methyl sites for hydroxylation is 1. The van der Waals surface area contributed by atoms with Gasteiger partial charge in [-0.25, -0.2) is 0 Å². The first kappa shape index (κ1) is 39.9. The summed E-state index contributed by atoms with van der Waals surface area (Å²) in [5, 5.41) is 9.06. The highest BCUT2D eigenvalue weighted by Crippen LogP contribution is 2.60. The Hall–Kier alpha value is -6.19. The normalized spacial score (nSPS) is 11.7. The number of thiazole rings is 1. The van der Waals surface area contributed by atoms with E-state index in [1.807, 2.05) is 0 Å². The van der Waals surface area contributed by atoms with E-state index in [9.17, 15) is 0 Å². The standard InChI is InChI=1S/C55H42N2OP2S2/c1-41-37-39-42(40-38-41)50-56-51(59(44-25-11-3-12-26-44,45-27-13-4-14-28-45)46-29-15-5-16-30-46)54(58-50)62-55-52(57-53(61-55)43-23-9-2-10-24-43)60(47-31-17-6-18-32-47,48-33-19-7-20-34-48)49-35-21-8-22-36-49/h2-40H,1H3/q+2. The fraction of sp³-hybridized carbons (Fsp3) is 0.0182. The lowest BCUT2D eigenvalue weighted by atomic mass is 10.1. The first-order valence-electron chi connectivity index (χ1n) is 20.6. The van der Waals surface area contributed by atoms with Crippen LogP contribution in [0.1, 0.15) is 5.56 Å². The smallest absolute Gasteiger partial charge is 0.251 e. The molecule has 0 radical (unpaired) electrons. The summed E-state index contributed by atoms with van der Waals surface area (Å²) in [6, 6.07) is 84.9. The molecule has 298 valence electrons. The van der Waals surface area contributed by atoms with Gasteiger partial charge in [-0.05, 0) is 104 Å². The molecule has 0 aliphatic heterocycles. The first-order valence-corrected chi connectivity index (χ1v) is 25.8. The molecule has 0 bridgehead atoms. The van der Waals surface area contributed by atoms with E-state index in [2.05, 4.69) is 244 Å². The molecule has 0 aliphatic carbocycles. The SMILES string of the molecule is Cc1ccc(-c2nc([P+](c3ccccc3)(c3ccccc3)c3ccccc3)c(Sc3sc(-c4ccccc4)nc3[P+](c3ccccc3)(c3ccccc3)c3ccccc3)o2)cc1. The second-order valence-electron chi connectivity index (χ2n) is 14.9. The van der Waals surface area contributed by atoms with E-state index in [1.54, 1.807) is 23.1 Å². The van der Waals surface area contributed by atoms with E-state index in [4.69, 9.17) is 14.4 Å². The van der Waals surface area contributed by atoms with Crippen LogP contribution in [0.15, 0.2) is 250 Å². The zero-order chi connectivity index (χ0) is 41.8. The molecule has 0 atom stereocenters. The van der Waals surface area contributed by atoms with Gasteiger partial charge in [-0.15, -0.1) is 11.3 Å². The van der Waals surface area contributed by atoms with Crippen molar-refractivity contribution in [1.82, 2.24) is 9.97 Å². The van der Waals surface area contributed by atoms with E-state index < -0.39 is 14.5 Å². The van der Waals surface area contributed by atoms with Gasteiger partial charge in [-0.2, -0.15) is 9.97 Å². The fourth-order valence-corrected chi connectivity index (χ4v) is 20.0.